The predicted molar refractivity (Wildman–Crippen MR) is 47.2 cm³/mol. The number of hydrogen-bond acceptors (Lipinski definition) is 3. The van der Waals surface area contributed by atoms with E-state index in [9.17, 15) is 4.79 Å². The minimum absolute atomic E-state index is 0. The molecule has 1 N–H and O–H groups in total. The van der Waals surface area contributed by atoms with E-state index in [1.807, 2.05) is 0 Å². The van der Waals surface area contributed by atoms with Gasteiger partial charge in [-0.15, -0.1) is 12.4 Å². The van der Waals surface area contributed by atoms with Gasteiger partial charge in [0.05, 0.1) is 13.0 Å². The SMILES string of the molecule is COC(=O)C1[C@@H]2CNC[C@H]1C2.Cl. The first-order chi connectivity index (χ1) is 5.33. The Morgan fingerprint density at radius 2 is 2.00 bits per heavy atom. The molecule has 1 saturated carbocycles. The molecule has 0 aromatic rings. The third-order valence-corrected chi connectivity index (χ3v) is 2.91. The molecule has 3 aliphatic rings. The van der Waals surface area contributed by atoms with Crippen LogP contribution in [0.3, 0.4) is 0 Å². The van der Waals surface area contributed by atoms with E-state index >= 15 is 0 Å². The van der Waals surface area contributed by atoms with Crippen molar-refractivity contribution in [3.05, 3.63) is 0 Å². The molecule has 2 aliphatic heterocycles. The highest BCUT2D eigenvalue weighted by Crippen LogP contribution is 2.42. The highest BCUT2D eigenvalue weighted by Gasteiger charge is 2.48. The van der Waals surface area contributed by atoms with E-state index in [2.05, 4.69) is 5.32 Å². The summed E-state index contributed by atoms with van der Waals surface area (Å²) < 4.78 is 4.72. The molecular formula is C8H14ClNO2. The molecule has 3 fully saturated rings. The lowest BCUT2D eigenvalue weighted by Gasteiger charge is -2.47. The van der Waals surface area contributed by atoms with Crippen LogP contribution in [-0.4, -0.2) is 26.2 Å². The van der Waals surface area contributed by atoms with E-state index in [-0.39, 0.29) is 24.3 Å². The quantitative estimate of drug-likeness (QED) is 0.612. The maximum absolute atomic E-state index is 11.2. The number of fused-ring (bicyclic) bond motifs is 2. The largest absolute Gasteiger partial charge is 0.469 e. The number of hydrogen-bond donors (Lipinski definition) is 1. The molecule has 0 radical (unpaired) electrons. The molecule has 3 nitrogen and oxygen atoms in total. The minimum atomic E-state index is -0.00671. The first-order valence-corrected chi connectivity index (χ1v) is 4.11. The second-order valence-corrected chi connectivity index (χ2v) is 3.46. The molecule has 1 aliphatic carbocycles. The van der Waals surface area contributed by atoms with Crippen LogP contribution in [0.4, 0.5) is 0 Å². The summed E-state index contributed by atoms with van der Waals surface area (Å²) in [6.07, 6.45) is 1.22. The standard InChI is InChI=1S/C8H13NO2.ClH/c1-11-8(10)7-5-2-6(7)4-9-3-5;/h5-7,9H,2-4H2,1H3;1H/t5-,6+,7?;. The lowest BCUT2D eigenvalue weighted by molar-refractivity contribution is -0.158. The predicted octanol–water partition coefficient (Wildman–Crippen LogP) is 0.437. The molecule has 12 heavy (non-hydrogen) atoms. The van der Waals surface area contributed by atoms with Gasteiger partial charge in [0.2, 0.25) is 0 Å². The molecule has 2 heterocycles. The third-order valence-electron chi connectivity index (χ3n) is 2.91. The Morgan fingerprint density at radius 3 is 2.42 bits per heavy atom. The average Bonchev–Trinajstić information content (AvgIpc) is 2.05. The second kappa shape index (κ2) is 3.62. The van der Waals surface area contributed by atoms with Crippen molar-refractivity contribution < 1.29 is 9.53 Å². The fourth-order valence-corrected chi connectivity index (χ4v) is 2.27. The van der Waals surface area contributed by atoms with Crippen LogP contribution in [0.15, 0.2) is 0 Å². The van der Waals surface area contributed by atoms with Crippen molar-refractivity contribution in [2.45, 2.75) is 6.42 Å². The van der Waals surface area contributed by atoms with Gasteiger partial charge in [0.25, 0.3) is 0 Å². The van der Waals surface area contributed by atoms with Crippen LogP contribution in [0, 0.1) is 17.8 Å². The van der Waals surface area contributed by atoms with Crippen molar-refractivity contribution >= 4 is 18.4 Å². The maximum Gasteiger partial charge on any atom is 0.309 e. The van der Waals surface area contributed by atoms with E-state index in [1.165, 1.54) is 13.5 Å². The Kier molecular flexibility index (Phi) is 2.96. The van der Waals surface area contributed by atoms with E-state index in [4.69, 9.17) is 4.74 Å². The number of esters is 1. The fraction of sp³-hybridized carbons (Fsp3) is 0.875. The molecule has 3 atom stereocenters. The molecule has 4 heteroatoms. The molecule has 70 valence electrons. The van der Waals surface area contributed by atoms with Crippen molar-refractivity contribution in [2.24, 2.45) is 17.8 Å². The van der Waals surface area contributed by atoms with Gasteiger partial charge in [-0.2, -0.15) is 0 Å². The topological polar surface area (TPSA) is 38.3 Å². The van der Waals surface area contributed by atoms with Gasteiger partial charge in [0.15, 0.2) is 0 Å². The Hall–Kier alpha value is -0.280. The van der Waals surface area contributed by atoms with Crippen molar-refractivity contribution in [2.75, 3.05) is 20.2 Å². The summed E-state index contributed by atoms with van der Waals surface area (Å²) in [7, 11) is 1.48. The molecule has 1 unspecified atom stereocenters. The van der Waals surface area contributed by atoms with Crippen LogP contribution in [0.25, 0.3) is 0 Å². The van der Waals surface area contributed by atoms with Gasteiger partial charge in [-0.25, -0.2) is 0 Å². The zero-order valence-corrected chi connectivity index (χ0v) is 7.89. The monoisotopic (exact) mass is 191 g/mol. The Bertz CT molecular complexity index is 172. The van der Waals surface area contributed by atoms with Crippen LogP contribution in [-0.2, 0) is 9.53 Å². The number of piperidine rings is 2. The first-order valence-electron chi connectivity index (χ1n) is 4.11. The fourth-order valence-electron chi connectivity index (χ4n) is 2.27. The van der Waals surface area contributed by atoms with Crippen LogP contribution in [0.5, 0.6) is 0 Å². The number of ether oxygens (including phenoxy) is 1. The van der Waals surface area contributed by atoms with Gasteiger partial charge in [0.1, 0.15) is 0 Å². The summed E-state index contributed by atoms with van der Waals surface area (Å²) >= 11 is 0. The summed E-state index contributed by atoms with van der Waals surface area (Å²) in [6.45, 7) is 1.99. The maximum atomic E-state index is 11.2. The van der Waals surface area contributed by atoms with E-state index in [0.717, 1.165) is 13.1 Å². The average molecular weight is 192 g/mol. The molecule has 0 aromatic carbocycles. The zero-order valence-electron chi connectivity index (χ0n) is 7.08. The number of rotatable bonds is 1. The van der Waals surface area contributed by atoms with Crippen molar-refractivity contribution in [3.63, 3.8) is 0 Å². The Morgan fingerprint density at radius 1 is 1.42 bits per heavy atom. The number of nitrogens with one attached hydrogen (secondary N) is 1. The molecular weight excluding hydrogens is 178 g/mol. The van der Waals surface area contributed by atoms with Gasteiger partial charge in [-0.1, -0.05) is 0 Å². The molecule has 3 rings (SSSR count). The highest BCUT2D eigenvalue weighted by atomic mass is 35.5. The zero-order chi connectivity index (χ0) is 7.84. The minimum Gasteiger partial charge on any atom is -0.469 e. The highest BCUT2D eigenvalue weighted by molar-refractivity contribution is 5.85. The number of carbonyl (C=O) groups excluding carboxylic acids is 1. The number of methoxy groups -OCH3 is 1. The lowest BCUT2D eigenvalue weighted by atomic mass is 9.62. The van der Waals surface area contributed by atoms with Gasteiger partial charge >= 0.3 is 5.97 Å². The third kappa shape index (κ3) is 1.31. The van der Waals surface area contributed by atoms with Crippen molar-refractivity contribution in [3.8, 4) is 0 Å². The number of halogens is 1. The first kappa shape index (κ1) is 9.81. The van der Waals surface area contributed by atoms with E-state index < -0.39 is 0 Å². The lowest BCUT2D eigenvalue weighted by Crippen LogP contribution is -2.56. The summed E-state index contributed by atoms with van der Waals surface area (Å²) in [4.78, 5) is 11.2. The van der Waals surface area contributed by atoms with E-state index in [0.29, 0.717) is 11.8 Å². The second-order valence-electron chi connectivity index (χ2n) is 3.46. The molecule has 0 amide bonds. The van der Waals surface area contributed by atoms with Gasteiger partial charge in [0, 0.05) is 0 Å². The van der Waals surface area contributed by atoms with Crippen molar-refractivity contribution in [1.82, 2.24) is 5.32 Å². The molecule has 0 spiro atoms. The summed E-state index contributed by atoms with van der Waals surface area (Å²) in [5, 5.41) is 3.29. The summed E-state index contributed by atoms with van der Waals surface area (Å²) in [5.74, 6) is 1.32. The molecule has 0 aromatic heterocycles. The Balaban J connectivity index is 0.000000720. The van der Waals surface area contributed by atoms with Crippen LogP contribution >= 0.6 is 12.4 Å². The smallest absolute Gasteiger partial charge is 0.309 e. The van der Waals surface area contributed by atoms with Crippen LogP contribution in [0.2, 0.25) is 0 Å². The van der Waals surface area contributed by atoms with Crippen molar-refractivity contribution in [1.29, 1.82) is 0 Å². The van der Waals surface area contributed by atoms with E-state index in [1.54, 1.807) is 0 Å². The van der Waals surface area contributed by atoms with Gasteiger partial charge in [-0.05, 0) is 31.3 Å². The summed E-state index contributed by atoms with van der Waals surface area (Å²) in [6, 6.07) is 0. The Labute approximate surface area is 78.3 Å². The summed E-state index contributed by atoms with van der Waals surface area (Å²) in [5.41, 5.74) is 0. The van der Waals surface area contributed by atoms with Crippen LogP contribution < -0.4 is 5.32 Å². The van der Waals surface area contributed by atoms with Crippen LogP contribution in [0.1, 0.15) is 6.42 Å². The molecule has 2 saturated heterocycles. The molecule has 2 bridgehead atoms. The number of carbonyl (C=O) groups is 1. The van der Waals surface area contributed by atoms with Gasteiger partial charge in [-0.3, -0.25) is 4.79 Å². The van der Waals surface area contributed by atoms with Gasteiger partial charge < -0.3 is 10.1 Å². The normalized spacial score (nSPS) is 37.6.